The molecule has 2 aromatic rings. The monoisotopic (exact) mass is 340 g/mol. The average Bonchev–Trinajstić information content (AvgIpc) is 2.49. The van der Waals surface area contributed by atoms with Crippen molar-refractivity contribution in [3.63, 3.8) is 0 Å². The number of hydrogen-bond donors (Lipinski definition) is 2. The van der Waals surface area contributed by atoms with E-state index in [9.17, 15) is 0 Å². The van der Waals surface area contributed by atoms with Crippen LogP contribution in [0.25, 0.3) is 0 Å². The fourth-order valence-corrected chi connectivity index (χ4v) is 3.15. The molecule has 0 aliphatic rings. The second-order valence-corrected chi connectivity index (χ2v) is 7.39. The lowest BCUT2D eigenvalue weighted by molar-refractivity contribution is 0.471. The summed E-state index contributed by atoms with van der Waals surface area (Å²) in [6.07, 6.45) is 0. The van der Waals surface area contributed by atoms with E-state index in [1.807, 2.05) is 0 Å². The number of rotatable bonds is 4. The highest BCUT2D eigenvalue weighted by molar-refractivity contribution is 7.80. The third-order valence-electron chi connectivity index (χ3n) is 4.48. The first-order valence-corrected chi connectivity index (χ1v) is 8.90. The first kappa shape index (κ1) is 18.5. The van der Waals surface area contributed by atoms with Crippen molar-refractivity contribution in [1.82, 2.24) is 5.32 Å². The molecule has 0 aromatic heterocycles. The summed E-state index contributed by atoms with van der Waals surface area (Å²) in [5, 5.41) is 7.48. The molecule has 0 saturated heterocycles. The van der Waals surface area contributed by atoms with Gasteiger partial charge in [-0.3, -0.25) is 0 Å². The lowest BCUT2D eigenvalue weighted by Gasteiger charge is -2.26. The van der Waals surface area contributed by atoms with Gasteiger partial charge in [0.1, 0.15) is 0 Å². The minimum Gasteiger partial charge on any atom is -0.355 e. The number of benzene rings is 2. The summed E-state index contributed by atoms with van der Waals surface area (Å²) in [6, 6.07) is 13.1. The van der Waals surface area contributed by atoms with Gasteiger partial charge in [0.15, 0.2) is 5.11 Å². The molecule has 0 aliphatic heterocycles. The minimum atomic E-state index is 0.192. The Morgan fingerprint density at radius 3 is 2.17 bits per heavy atom. The Hall–Kier alpha value is -1.87. The summed E-state index contributed by atoms with van der Waals surface area (Å²) in [5.41, 5.74) is 7.47. The summed E-state index contributed by atoms with van der Waals surface area (Å²) in [5.74, 6) is 0.436. The van der Waals surface area contributed by atoms with Gasteiger partial charge in [0.2, 0.25) is 0 Å². The molecular weight excluding hydrogens is 312 g/mol. The number of nitrogens with one attached hydrogen (secondary N) is 2. The fraction of sp³-hybridized carbons (Fsp3) is 0.381. The van der Waals surface area contributed by atoms with Crippen molar-refractivity contribution in [1.29, 1.82) is 0 Å². The zero-order chi connectivity index (χ0) is 17.9. The maximum atomic E-state index is 5.55. The first-order valence-electron chi connectivity index (χ1n) is 8.50. The van der Waals surface area contributed by atoms with E-state index in [0.29, 0.717) is 11.0 Å². The molecular formula is C21H28N2S. The van der Waals surface area contributed by atoms with Crippen LogP contribution in [-0.2, 0) is 0 Å². The predicted octanol–water partition coefficient (Wildman–Crippen LogP) is 5.60. The van der Waals surface area contributed by atoms with Gasteiger partial charge in [-0.05, 0) is 80.2 Å². The van der Waals surface area contributed by atoms with E-state index in [4.69, 9.17) is 12.2 Å². The van der Waals surface area contributed by atoms with Crippen LogP contribution in [0.2, 0.25) is 0 Å². The second-order valence-electron chi connectivity index (χ2n) is 6.98. The number of aryl methyl sites for hydroxylation is 4. The van der Waals surface area contributed by atoms with Gasteiger partial charge in [0, 0.05) is 5.69 Å². The molecule has 2 rings (SSSR count). The van der Waals surface area contributed by atoms with Crippen molar-refractivity contribution in [3.05, 3.63) is 64.2 Å². The van der Waals surface area contributed by atoms with Crippen LogP contribution in [-0.4, -0.2) is 5.11 Å². The summed E-state index contributed by atoms with van der Waals surface area (Å²) in [6.45, 7) is 13.0. The van der Waals surface area contributed by atoms with Gasteiger partial charge in [0.25, 0.3) is 0 Å². The van der Waals surface area contributed by atoms with E-state index < -0.39 is 0 Å². The van der Waals surface area contributed by atoms with Gasteiger partial charge >= 0.3 is 0 Å². The van der Waals surface area contributed by atoms with Crippen molar-refractivity contribution >= 4 is 23.0 Å². The number of anilines is 1. The molecule has 0 spiro atoms. The zero-order valence-corrected chi connectivity index (χ0v) is 16.3. The van der Waals surface area contributed by atoms with Crippen molar-refractivity contribution in [3.8, 4) is 0 Å². The molecule has 0 amide bonds. The third-order valence-corrected chi connectivity index (χ3v) is 4.70. The van der Waals surface area contributed by atoms with Crippen molar-refractivity contribution in [2.75, 3.05) is 5.32 Å². The van der Waals surface area contributed by atoms with Crippen LogP contribution in [0.5, 0.6) is 0 Å². The molecule has 128 valence electrons. The van der Waals surface area contributed by atoms with Crippen LogP contribution in [0.4, 0.5) is 5.69 Å². The Kier molecular flexibility index (Phi) is 6.00. The van der Waals surface area contributed by atoms with E-state index >= 15 is 0 Å². The molecule has 0 heterocycles. The van der Waals surface area contributed by atoms with Gasteiger partial charge in [-0.2, -0.15) is 0 Å². The van der Waals surface area contributed by atoms with Crippen LogP contribution >= 0.6 is 12.2 Å². The summed E-state index contributed by atoms with van der Waals surface area (Å²) < 4.78 is 0. The van der Waals surface area contributed by atoms with E-state index in [1.54, 1.807) is 0 Å². The maximum Gasteiger partial charge on any atom is 0.171 e. The van der Waals surface area contributed by atoms with Gasteiger partial charge in [-0.1, -0.05) is 43.7 Å². The van der Waals surface area contributed by atoms with Crippen LogP contribution in [0, 0.1) is 33.6 Å². The predicted molar refractivity (Wildman–Crippen MR) is 109 cm³/mol. The van der Waals surface area contributed by atoms with E-state index in [1.165, 1.54) is 27.8 Å². The fourth-order valence-electron chi connectivity index (χ4n) is 2.91. The lowest BCUT2D eigenvalue weighted by Crippen LogP contribution is -2.35. The largest absolute Gasteiger partial charge is 0.355 e. The molecule has 1 unspecified atom stereocenters. The van der Waals surface area contributed by atoms with Crippen LogP contribution in [0.1, 0.15) is 47.7 Å². The van der Waals surface area contributed by atoms with Gasteiger partial charge in [0.05, 0.1) is 6.04 Å². The maximum absolute atomic E-state index is 5.55. The third kappa shape index (κ3) is 4.57. The molecule has 0 bridgehead atoms. The highest BCUT2D eigenvalue weighted by atomic mass is 32.1. The van der Waals surface area contributed by atoms with Crippen LogP contribution in [0.15, 0.2) is 36.4 Å². The quantitative estimate of drug-likeness (QED) is 0.708. The molecule has 0 fully saturated rings. The minimum absolute atomic E-state index is 0.192. The Balaban J connectivity index is 2.15. The molecule has 2 N–H and O–H groups in total. The van der Waals surface area contributed by atoms with Crippen molar-refractivity contribution < 1.29 is 0 Å². The highest BCUT2D eigenvalue weighted by Crippen LogP contribution is 2.26. The highest BCUT2D eigenvalue weighted by Gasteiger charge is 2.18. The van der Waals surface area contributed by atoms with E-state index in [-0.39, 0.29) is 6.04 Å². The molecule has 2 aromatic carbocycles. The smallest absolute Gasteiger partial charge is 0.171 e. The molecule has 3 heteroatoms. The molecule has 2 nitrogen and oxygen atoms in total. The SMILES string of the molecule is Cc1ccc(C(NC(=S)Nc2ccc(C)c(C)c2)C(C)C)c(C)c1. The molecule has 0 saturated carbocycles. The van der Waals surface area contributed by atoms with Gasteiger partial charge in [-0.15, -0.1) is 0 Å². The molecule has 0 aliphatic carbocycles. The Labute approximate surface area is 151 Å². The number of hydrogen-bond acceptors (Lipinski definition) is 1. The molecule has 0 radical (unpaired) electrons. The van der Waals surface area contributed by atoms with Gasteiger partial charge in [-0.25, -0.2) is 0 Å². The topological polar surface area (TPSA) is 24.1 Å². The lowest BCUT2D eigenvalue weighted by atomic mass is 9.92. The second kappa shape index (κ2) is 7.80. The standard InChI is InChI=1S/C21H28N2S/c1-13(2)20(19-10-7-14(3)11-17(19)6)23-21(24)22-18-9-8-15(4)16(5)12-18/h7-13,20H,1-6H3,(H2,22,23,24). The number of thiocarbonyl (C=S) groups is 1. The van der Waals surface area contributed by atoms with E-state index in [0.717, 1.165) is 5.69 Å². The zero-order valence-electron chi connectivity index (χ0n) is 15.5. The molecule has 24 heavy (non-hydrogen) atoms. The van der Waals surface area contributed by atoms with Crippen molar-refractivity contribution in [2.24, 2.45) is 5.92 Å². The van der Waals surface area contributed by atoms with Crippen LogP contribution < -0.4 is 10.6 Å². The Morgan fingerprint density at radius 2 is 1.58 bits per heavy atom. The first-order chi connectivity index (χ1) is 11.3. The Morgan fingerprint density at radius 1 is 0.875 bits per heavy atom. The Bertz CT molecular complexity index is 735. The molecule has 1 atom stereocenters. The van der Waals surface area contributed by atoms with Crippen LogP contribution in [0.3, 0.4) is 0 Å². The summed E-state index contributed by atoms with van der Waals surface area (Å²) >= 11 is 5.55. The van der Waals surface area contributed by atoms with Crippen molar-refractivity contribution in [2.45, 2.75) is 47.6 Å². The van der Waals surface area contributed by atoms with Gasteiger partial charge < -0.3 is 10.6 Å². The summed E-state index contributed by atoms with van der Waals surface area (Å²) in [7, 11) is 0. The summed E-state index contributed by atoms with van der Waals surface area (Å²) in [4.78, 5) is 0. The normalized spacial score (nSPS) is 12.1. The average molecular weight is 341 g/mol. The van der Waals surface area contributed by atoms with E-state index in [2.05, 4.69) is 88.6 Å².